The third-order valence-corrected chi connectivity index (χ3v) is 6.73. The first-order valence-electron chi connectivity index (χ1n) is 10.6. The Balaban J connectivity index is 1.70. The van der Waals surface area contributed by atoms with Crippen LogP contribution in [0.2, 0.25) is 0 Å². The zero-order chi connectivity index (χ0) is 21.9. The molecule has 0 aliphatic carbocycles. The van der Waals surface area contributed by atoms with Gasteiger partial charge in [-0.3, -0.25) is 19.3 Å². The molecule has 156 valence electrons. The Morgan fingerprint density at radius 1 is 1.03 bits per heavy atom. The molecule has 5 heteroatoms. The molecule has 2 saturated heterocycles. The number of likely N-dealkylation sites (tertiary alicyclic amines) is 1. The Hall–Kier alpha value is -3.47. The second-order valence-electron chi connectivity index (χ2n) is 8.57. The average Bonchev–Trinajstić information content (AvgIpc) is 3.23. The molecule has 31 heavy (non-hydrogen) atoms. The number of carbonyl (C=O) groups is 3. The zero-order valence-corrected chi connectivity index (χ0v) is 17.6. The summed E-state index contributed by atoms with van der Waals surface area (Å²) in [4.78, 5) is 43.7. The van der Waals surface area contributed by atoms with Crippen LogP contribution >= 0.6 is 0 Å². The van der Waals surface area contributed by atoms with Crippen molar-refractivity contribution >= 4 is 28.9 Å². The third-order valence-electron chi connectivity index (χ3n) is 6.73. The number of imide groups is 1. The highest BCUT2D eigenvalue weighted by atomic mass is 16.2. The molecule has 0 N–H and O–H groups in total. The fourth-order valence-electron chi connectivity index (χ4n) is 5.40. The van der Waals surface area contributed by atoms with Gasteiger partial charge in [-0.05, 0) is 31.6 Å². The normalized spacial score (nSPS) is 26.3. The molecule has 3 aliphatic heterocycles. The molecule has 3 heterocycles. The molecule has 0 radical (unpaired) electrons. The van der Waals surface area contributed by atoms with Crippen molar-refractivity contribution in [3.63, 3.8) is 0 Å². The SMILES string of the molecule is C=CCN1C(=O)[C@@H]2[C@H](C1=O)[C@@H](C(=O)c1ccccc1)N1c3ccc(C)cc3C(C)=C[C@@H]21. The number of rotatable bonds is 4. The fraction of sp³-hybridized carbons (Fsp3) is 0.269. The Morgan fingerprint density at radius 2 is 1.74 bits per heavy atom. The number of allylic oxidation sites excluding steroid dienone is 1. The molecule has 4 atom stereocenters. The van der Waals surface area contributed by atoms with Gasteiger partial charge in [0.25, 0.3) is 0 Å². The van der Waals surface area contributed by atoms with Crippen molar-refractivity contribution in [2.75, 3.05) is 11.4 Å². The molecule has 2 amide bonds. The summed E-state index contributed by atoms with van der Waals surface area (Å²) in [6.07, 6.45) is 3.61. The van der Waals surface area contributed by atoms with Gasteiger partial charge in [-0.25, -0.2) is 0 Å². The van der Waals surface area contributed by atoms with Crippen molar-refractivity contribution in [2.24, 2.45) is 11.8 Å². The summed E-state index contributed by atoms with van der Waals surface area (Å²) in [6.45, 7) is 7.91. The molecular weight excluding hydrogens is 388 g/mol. The van der Waals surface area contributed by atoms with Gasteiger partial charge in [0.2, 0.25) is 11.8 Å². The number of anilines is 1. The van der Waals surface area contributed by atoms with E-state index >= 15 is 0 Å². The Labute approximate surface area is 181 Å². The third kappa shape index (κ3) is 2.73. The highest BCUT2D eigenvalue weighted by molar-refractivity contribution is 6.14. The molecule has 0 bridgehead atoms. The van der Waals surface area contributed by atoms with E-state index in [1.54, 1.807) is 18.2 Å². The van der Waals surface area contributed by atoms with Crippen LogP contribution in [-0.4, -0.2) is 41.1 Å². The summed E-state index contributed by atoms with van der Waals surface area (Å²) >= 11 is 0. The van der Waals surface area contributed by atoms with Gasteiger partial charge in [0.05, 0.1) is 17.9 Å². The summed E-state index contributed by atoms with van der Waals surface area (Å²) in [7, 11) is 0. The second-order valence-corrected chi connectivity index (χ2v) is 8.57. The number of benzene rings is 2. The lowest BCUT2D eigenvalue weighted by Crippen LogP contribution is -2.49. The topological polar surface area (TPSA) is 57.7 Å². The van der Waals surface area contributed by atoms with E-state index in [0.717, 1.165) is 22.4 Å². The lowest BCUT2D eigenvalue weighted by molar-refractivity contribution is -0.139. The lowest BCUT2D eigenvalue weighted by atomic mass is 9.85. The van der Waals surface area contributed by atoms with E-state index < -0.39 is 17.9 Å². The molecule has 5 rings (SSSR count). The van der Waals surface area contributed by atoms with Crippen LogP contribution in [-0.2, 0) is 9.59 Å². The largest absolute Gasteiger partial charge is 0.352 e. The molecule has 0 spiro atoms. The zero-order valence-electron chi connectivity index (χ0n) is 17.6. The van der Waals surface area contributed by atoms with Crippen LogP contribution < -0.4 is 4.90 Å². The smallest absolute Gasteiger partial charge is 0.236 e. The highest BCUT2D eigenvalue weighted by Gasteiger charge is 2.64. The average molecular weight is 412 g/mol. The van der Waals surface area contributed by atoms with Crippen LogP contribution in [0.3, 0.4) is 0 Å². The van der Waals surface area contributed by atoms with Gasteiger partial charge in [-0.1, -0.05) is 54.1 Å². The van der Waals surface area contributed by atoms with Gasteiger partial charge < -0.3 is 4.90 Å². The lowest BCUT2D eigenvalue weighted by Gasteiger charge is -2.38. The monoisotopic (exact) mass is 412 g/mol. The van der Waals surface area contributed by atoms with Gasteiger partial charge in [-0.2, -0.15) is 0 Å². The van der Waals surface area contributed by atoms with Crippen LogP contribution in [0.5, 0.6) is 0 Å². The van der Waals surface area contributed by atoms with Crippen molar-refractivity contribution in [1.29, 1.82) is 0 Å². The van der Waals surface area contributed by atoms with E-state index in [2.05, 4.69) is 18.7 Å². The van der Waals surface area contributed by atoms with Crippen LogP contribution in [0.15, 0.2) is 67.3 Å². The molecule has 2 aromatic rings. The van der Waals surface area contributed by atoms with E-state index in [1.165, 1.54) is 4.90 Å². The van der Waals surface area contributed by atoms with E-state index in [1.807, 2.05) is 49.1 Å². The summed E-state index contributed by atoms with van der Waals surface area (Å²) in [5.74, 6) is -1.90. The van der Waals surface area contributed by atoms with Gasteiger partial charge >= 0.3 is 0 Å². The van der Waals surface area contributed by atoms with Crippen LogP contribution in [0, 0.1) is 18.8 Å². The predicted molar refractivity (Wildman–Crippen MR) is 120 cm³/mol. The molecule has 3 aliphatic rings. The maximum Gasteiger partial charge on any atom is 0.236 e. The number of aryl methyl sites for hydroxylation is 1. The maximum atomic E-state index is 13.8. The first kappa shape index (κ1) is 19.5. The number of carbonyl (C=O) groups excluding carboxylic acids is 3. The Morgan fingerprint density at radius 3 is 2.45 bits per heavy atom. The van der Waals surface area contributed by atoms with Crippen molar-refractivity contribution in [3.05, 3.63) is 84.0 Å². The minimum atomic E-state index is -0.727. The summed E-state index contributed by atoms with van der Waals surface area (Å²) < 4.78 is 0. The molecule has 2 fully saturated rings. The Kier molecular flexibility index (Phi) is 4.43. The molecule has 0 aromatic heterocycles. The number of hydrogen-bond donors (Lipinski definition) is 0. The summed E-state index contributed by atoms with van der Waals surface area (Å²) in [6, 6.07) is 14.1. The minimum Gasteiger partial charge on any atom is -0.352 e. The molecule has 0 saturated carbocycles. The first-order chi connectivity index (χ1) is 14.9. The van der Waals surface area contributed by atoms with E-state index in [-0.39, 0.29) is 30.2 Å². The number of amides is 2. The van der Waals surface area contributed by atoms with Crippen molar-refractivity contribution in [1.82, 2.24) is 4.90 Å². The standard InChI is InChI=1S/C26H24N2O3/c1-4-12-27-25(30)21-20-14-16(3)18-13-15(2)10-11-19(18)28(20)23(22(21)26(27)31)24(29)17-8-6-5-7-9-17/h4-11,13-14,20-23H,1,12H2,2-3H3/t20-,21-,22-,23-/m0/s1. The quantitative estimate of drug-likeness (QED) is 0.437. The molecule has 5 nitrogen and oxygen atoms in total. The maximum absolute atomic E-state index is 13.8. The molecule has 0 unspecified atom stereocenters. The van der Waals surface area contributed by atoms with Gasteiger partial charge in [-0.15, -0.1) is 6.58 Å². The summed E-state index contributed by atoms with van der Waals surface area (Å²) in [5.41, 5.74) is 4.70. The van der Waals surface area contributed by atoms with E-state index in [4.69, 9.17) is 0 Å². The van der Waals surface area contributed by atoms with Gasteiger partial charge in [0.15, 0.2) is 5.78 Å². The minimum absolute atomic E-state index is 0.126. The van der Waals surface area contributed by atoms with Crippen molar-refractivity contribution in [2.45, 2.75) is 25.9 Å². The van der Waals surface area contributed by atoms with Crippen molar-refractivity contribution in [3.8, 4) is 0 Å². The van der Waals surface area contributed by atoms with Gasteiger partial charge in [0, 0.05) is 23.4 Å². The van der Waals surface area contributed by atoms with Crippen LogP contribution in [0.25, 0.3) is 5.57 Å². The second kappa shape index (κ2) is 7.05. The highest BCUT2D eigenvalue weighted by Crippen LogP contribution is 2.50. The van der Waals surface area contributed by atoms with Crippen molar-refractivity contribution < 1.29 is 14.4 Å². The number of fused-ring (bicyclic) bond motifs is 5. The fourth-order valence-corrected chi connectivity index (χ4v) is 5.40. The molecule has 2 aromatic carbocycles. The first-order valence-corrected chi connectivity index (χ1v) is 10.6. The number of ketones is 1. The summed E-state index contributed by atoms with van der Waals surface area (Å²) in [5, 5.41) is 0. The van der Waals surface area contributed by atoms with Crippen LogP contribution in [0.4, 0.5) is 5.69 Å². The molecular formula is C26H24N2O3. The predicted octanol–water partition coefficient (Wildman–Crippen LogP) is 3.64. The van der Waals surface area contributed by atoms with Gasteiger partial charge in [0.1, 0.15) is 6.04 Å². The number of hydrogen-bond acceptors (Lipinski definition) is 4. The Bertz CT molecular complexity index is 1150. The number of nitrogens with zero attached hydrogens (tertiary/aromatic N) is 2. The van der Waals surface area contributed by atoms with Crippen LogP contribution in [0.1, 0.15) is 28.4 Å². The van der Waals surface area contributed by atoms with E-state index in [0.29, 0.717) is 5.56 Å². The van der Waals surface area contributed by atoms with E-state index in [9.17, 15) is 14.4 Å². The number of Topliss-reactive ketones (excluding diaryl/α,β-unsaturated/α-hetero) is 1.